The lowest BCUT2D eigenvalue weighted by Crippen LogP contribution is -2.29. The standard InChI is InChI=1S/C13H11N5O10/c19-6-8(20)5-15-2-1-11(14-13(15)21)28-12-9(17(24)25)3-7(16(22)23)4-10(12)18(26)27/h1-4,8,19-20H,5-6H2. The van der Waals surface area contributed by atoms with Gasteiger partial charge in [0.25, 0.3) is 11.4 Å². The fourth-order valence-corrected chi connectivity index (χ4v) is 2.06. The lowest BCUT2D eigenvalue weighted by molar-refractivity contribution is -0.404. The van der Waals surface area contributed by atoms with Gasteiger partial charge in [-0.25, -0.2) is 4.79 Å². The van der Waals surface area contributed by atoms with E-state index >= 15 is 0 Å². The number of aliphatic hydroxyl groups is 2. The lowest BCUT2D eigenvalue weighted by Gasteiger charge is -2.10. The van der Waals surface area contributed by atoms with Gasteiger partial charge < -0.3 is 14.9 Å². The van der Waals surface area contributed by atoms with Crippen LogP contribution in [0.25, 0.3) is 0 Å². The average molecular weight is 397 g/mol. The van der Waals surface area contributed by atoms with Crippen LogP contribution in [-0.4, -0.2) is 47.2 Å². The second-order valence-electron chi connectivity index (χ2n) is 5.22. The van der Waals surface area contributed by atoms with Crippen molar-refractivity contribution in [3.8, 4) is 11.6 Å². The number of nitro benzene ring substituents is 3. The van der Waals surface area contributed by atoms with Crippen LogP contribution in [-0.2, 0) is 6.54 Å². The molecule has 1 atom stereocenters. The van der Waals surface area contributed by atoms with Gasteiger partial charge in [-0.15, -0.1) is 0 Å². The first-order valence-corrected chi connectivity index (χ1v) is 7.29. The SMILES string of the molecule is O=c1nc(Oc2c([N+](=O)[O-])cc([N+](=O)[O-])cc2[N+](=O)[O-])ccn1CC(O)CO. The van der Waals surface area contributed by atoms with E-state index in [-0.39, 0.29) is 6.54 Å². The van der Waals surface area contributed by atoms with Crippen molar-refractivity contribution < 1.29 is 29.7 Å². The molecule has 2 N–H and O–H groups in total. The van der Waals surface area contributed by atoms with Crippen LogP contribution in [0, 0.1) is 30.3 Å². The zero-order valence-electron chi connectivity index (χ0n) is 13.7. The Balaban J connectivity index is 2.52. The van der Waals surface area contributed by atoms with Gasteiger partial charge in [0, 0.05) is 12.3 Å². The molecule has 2 rings (SSSR count). The van der Waals surface area contributed by atoms with E-state index in [4.69, 9.17) is 9.84 Å². The predicted molar refractivity (Wildman–Crippen MR) is 88.1 cm³/mol. The van der Waals surface area contributed by atoms with Crippen LogP contribution in [0.4, 0.5) is 17.1 Å². The Hall–Kier alpha value is -3.98. The maximum Gasteiger partial charge on any atom is 0.350 e. The number of ether oxygens (including phenoxy) is 1. The van der Waals surface area contributed by atoms with Gasteiger partial charge in [-0.05, 0) is 0 Å². The molecule has 0 aliphatic heterocycles. The number of hydrogen-bond acceptors (Lipinski definition) is 11. The van der Waals surface area contributed by atoms with Crippen molar-refractivity contribution >= 4 is 17.1 Å². The normalized spacial score (nSPS) is 11.6. The van der Waals surface area contributed by atoms with Gasteiger partial charge in [0.2, 0.25) is 5.88 Å². The molecular formula is C13H11N5O10. The fourth-order valence-electron chi connectivity index (χ4n) is 2.06. The van der Waals surface area contributed by atoms with Crippen LogP contribution in [0.1, 0.15) is 0 Å². The summed E-state index contributed by atoms with van der Waals surface area (Å²) in [6.45, 7) is -0.924. The monoisotopic (exact) mass is 397 g/mol. The Labute approximate surface area is 153 Å². The van der Waals surface area contributed by atoms with E-state index in [2.05, 4.69) is 4.98 Å². The summed E-state index contributed by atoms with van der Waals surface area (Å²) >= 11 is 0. The molecule has 15 heteroatoms. The van der Waals surface area contributed by atoms with E-state index in [0.29, 0.717) is 12.1 Å². The fraction of sp³-hybridized carbons (Fsp3) is 0.231. The van der Waals surface area contributed by atoms with Crippen LogP contribution in [0.3, 0.4) is 0 Å². The van der Waals surface area contributed by atoms with Crippen LogP contribution in [0.2, 0.25) is 0 Å². The van der Waals surface area contributed by atoms with E-state index in [0.717, 1.165) is 16.8 Å². The van der Waals surface area contributed by atoms with Gasteiger partial charge in [0.1, 0.15) is 0 Å². The van der Waals surface area contributed by atoms with Crippen molar-refractivity contribution in [2.75, 3.05) is 6.61 Å². The first-order chi connectivity index (χ1) is 13.1. The Morgan fingerprint density at radius 2 is 1.68 bits per heavy atom. The predicted octanol–water partition coefficient (Wildman–Crippen LogP) is 0.113. The van der Waals surface area contributed by atoms with Crippen molar-refractivity contribution in [1.82, 2.24) is 9.55 Å². The third-order valence-corrected chi connectivity index (χ3v) is 3.31. The molecule has 0 aliphatic rings. The Morgan fingerprint density at radius 1 is 1.11 bits per heavy atom. The number of rotatable bonds is 8. The summed E-state index contributed by atoms with van der Waals surface area (Å²) in [6, 6.07) is 1.97. The summed E-state index contributed by atoms with van der Waals surface area (Å²) in [4.78, 5) is 45.2. The second kappa shape index (κ2) is 8.14. The van der Waals surface area contributed by atoms with Crippen molar-refractivity contribution in [1.29, 1.82) is 0 Å². The van der Waals surface area contributed by atoms with Crippen LogP contribution in [0.5, 0.6) is 11.6 Å². The third-order valence-electron chi connectivity index (χ3n) is 3.31. The molecule has 0 bridgehead atoms. The molecule has 148 valence electrons. The van der Waals surface area contributed by atoms with Crippen LogP contribution < -0.4 is 10.4 Å². The van der Waals surface area contributed by atoms with Crippen molar-refractivity contribution in [3.05, 3.63) is 65.2 Å². The topological polar surface area (TPSA) is 214 Å². The Morgan fingerprint density at radius 3 is 2.11 bits per heavy atom. The molecule has 0 saturated heterocycles. The third kappa shape index (κ3) is 4.40. The summed E-state index contributed by atoms with van der Waals surface area (Å²) in [5.41, 5.74) is -4.01. The van der Waals surface area contributed by atoms with Gasteiger partial charge >= 0.3 is 17.1 Å². The molecule has 2 aromatic rings. The van der Waals surface area contributed by atoms with Gasteiger partial charge in [0.05, 0.1) is 46.2 Å². The minimum Gasteiger partial charge on any atom is -0.425 e. The molecule has 15 nitrogen and oxygen atoms in total. The number of nitro groups is 3. The molecule has 1 heterocycles. The molecule has 0 amide bonds. The van der Waals surface area contributed by atoms with Gasteiger partial charge in [-0.2, -0.15) is 4.98 Å². The highest BCUT2D eigenvalue weighted by Gasteiger charge is 2.33. The highest BCUT2D eigenvalue weighted by molar-refractivity contribution is 5.66. The van der Waals surface area contributed by atoms with E-state index in [1.165, 1.54) is 0 Å². The molecule has 1 aromatic heterocycles. The van der Waals surface area contributed by atoms with Gasteiger partial charge in [0.15, 0.2) is 0 Å². The number of benzene rings is 1. The van der Waals surface area contributed by atoms with Gasteiger partial charge in [-0.1, -0.05) is 0 Å². The summed E-state index contributed by atoms with van der Waals surface area (Å²) in [7, 11) is 0. The van der Waals surface area contributed by atoms with E-state index in [1.807, 2.05) is 0 Å². The summed E-state index contributed by atoms with van der Waals surface area (Å²) in [5.74, 6) is -1.50. The summed E-state index contributed by atoms with van der Waals surface area (Å²) in [5, 5.41) is 51.3. The molecule has 0 aliphatic carbocycles. The maximum absolute atomic E-state index is 11.9. The molecular weight excluding hydrogens is 386 g/mol. The number of aliphatic hydroxyl groups excluding tert-OH is 2. The average Bonchev–Trinajstić information content (AvgIpc) is 2.63. The quantitative estimate of drug-likeness (QED) is 0.450. The lowest BCUT2D eigenvalue weighted by atomic mass is 10.2. The first kappa shape index (κ1) is 20.3. The molecule has 1 unspecified atom stereocenters. The van der Waals surface area contributed by atoms with Gasteiger partial charge in [-0.3, -0.25) is 34.9 Å². The van der Waals surface area contributed by atoms with Crippen molar-refractivity contribution in [3.63, 3.8) is 0 Å². The summed E-state index contributed by atoms with van der Waals surface area (Å²) < 4.78 is 5.92. The van der Waals surface area contributed by atoms with Crippen LogP contribution >= 0.6 is 0 Å². The molecule has 0 saturated carbocycles. The van der Waals surface area contributed by atoms with E-state index in [1.54, 1.807) is 0 Å². The minimum absolute atomic E-state index is 0.305. The zero-order valence-corrected chi connectivity index (χ0v) is 13.7. The Bertz CT molecular complexity index is 968. The minimum atomic E-state index is -1.25. The van der Waals surface area contributed by atoms with Crippen molar-refractivity contribution in [2.24, 2.45) is 0 Å². The molecule has 1 aromatic carbocycles. The van der Waals surface area contributed by atoms with Crippen LogP contribution in [0.15, 0.2) is 29.2 Å². The largest absolute Gasteiger partial charge is 0.425 e. The maximum atomic E-state index is 11.9. The molecule has 0 fully saturated rings. The Kier molecular flexibility index (Phi) is 5.91. The molecule has 0 spiro atoms. The van der Waals surface area contributed by atoms with Crippen molar-refractivity contribution in [2.45, 2.75) is 12.6 Å². The highest BCUT2D eigenvalue weighted by atomic mass is 16.6. The number of nitrogens with zero attached hydrogens (tertiary/aromatic N) is 5. The van der Waals surface area contributed by atoms with E-state index in [9.17, 15) is 40.2 Å². The second-order valence-corrected chi connectivity index (χ2v) is 5.22. The smallest absolute Gasteiger partial charge is 0.350 e. The number of hydrogen-bond donors (Lipinski definition) is 2. The summed E-state index contributed by atoms with van der Waals surface area (Å²) in [6.07, 6.45) is -0.171. The zero-order chi connectivity index (χ0) is 21.0. The highest BCUT2D eigenvalue weighted by Crippen LogP contribution is 2.42. The number of non-ortho nitro benzene ring substituents is 1. The molecule has 0 radical (unpaired) electrons. The molecule has 28 heavy (non-hydrogen) atoms. The number of aromatic nitrogens is 2. The first-order valence-electron chi connectivity index (χ1n) is 7.29. The van der Waals surface area contributed by atoms with E-state index < -0.39 is 61.9 Å².